The second kappa shape index (κ2) is 5.90. The van der Waals surface area contributed by atoms with Gasteiger partial charge in [0.2, 0.25) is 0 Å². The van der Waals surface area contributed by atoms with Gasteiger partial charge in [-0.05, 0) is 18.6 Å². The van der Waals surface area contributed by atoms with Crippen molar-refractivity contribution < 1.29 is 4.79 Å². The Bertz CT molecular complexity index is 772. The van der Waals surface area contributed by atoms with E-state index in [1.807, 2.05) is 55.1 Å². The standard InChI is InChI=1S/C16H18N4OS/c1-10-12-8-14(22-16(12)20(2)19-10)15(21)18-9-13(17)11-6-4-3-5-7-11/h3-8,13H,9,17H2,1-2H3,(H,18,21). The summed E-state index contributed by atoms with van der Waals surface area (Å²) in [6.07, 6.45) is 0. The van der Waals surface area contributed by atoms with Crippen molar-refractivity contribution in [3.05, 3.63) is 52.5 Å². The van der Waals surface area contributed by atoms with E-state index in [0.29, 0.717) is 11.4 Å². The number of nitrogens with zero attached hydrogens (tertiary/aromatic N) is 2. The smallest absolute Gasteiger partial charge is 0.261 e. The van der Waals surface area contributed by atoms with Crippen LogP contribution in [0.5, 0.6) is 0 Å². The van der Waals surface area contributed by atoms with E-state index >= 15 is 0 Å². The fourth-order valence-corrected chi connectivity index (χ4v) is 3.46. The summed E-state index contributed by atoms with van der Waals surface area (Å²) in [6, 6.07) is 11.4. The van der Waals surface area contributed by atoms with Gasteiger partial charge < -0.3 is 11.1 Å². The molecule has 1 amide bonds. The number of hydrogen-bond donors (Lipinski definition) is 2. The fourth-order valence-electron chi connectivity index (χ4n) is 2.43. The van der Waals surface area contributed by atoms with E-state index in [1.54, 1.807) is 0 Å². The minimum absolute atomic E-state index is 0.0908. The van der Waals surface area contributed by atoms with Crippen molar-refractivity contribution in [2.75, 3.05) is 6.54 Å². The minimum Gasteiger partial charge on any atom is -0.349 e. The fraction of sp³-hybridized carbons (Fsp3) is 0.250. The third kappa shape index (κ3) is 2.75. The van der Waals surface area contributed by atoms with Crippen molar-refractivity contribution >= 4 is 27.5 Å². The van der Waals surface area contributed by atoms with E-state index in [4.69, 9.17) is 5.73 Å². The van der Waals surface area contributed by atoms with Crippen LogP contribution < -0.4 is 11.1 Å². The molecule has 0 radical (unpaired) electrons. The van der Waals surface area contributed by atoms with Gasteiger partial charge in [0.1, 0.15) is 4.83 Å². The first-order valence-corrected chi connectivity index (χ1v) is 7.90. The van der Waals surface area contributed by atoms with Crippen LogP contribution in [0.25, 0.3) is 10.2 Å². The Balaban J connectivity index is 1.70. The topological polar surface area (TPSA) is 72.9 Å². The largest absolute Gasteiger partial charge is 0.349 e. The van der Waals surface area contributed by atoms with E-state index < -0.39 is 0 Å². The maximum Gasteiger partial charge on any atom is 0.261 e. The van der Waals surface area contributed by atoms with Gasteiger partial charge in [-0.15, -0.1) is 11.3 Å². The normalized spacial score (nSPS) is 12.5. The first-order valence-electron chi connectivity index (χ1n) is 7.08. The molecule has 2 heterocycles. The van der Waals surface area contributed by atoms with Crippen LogP contribution in [0.1, 0.15) is 27.0 Å². The maximum atomic E-state index is 12.3. The zero-order valence-electron chi connectivity index (χ0n) is 12.5. The molecule has 5 nitrogen and oxygen atoms in total. The van der Waals surface area contributed by atoms with Gasteiger partial charge in [0, 0.05) is 25.0 Å². The predicted molar refractivity (Wildman–Crippen MR) is 89.0 cm³/mol. The molecule has 1 unspecified atom stereocenters. The summed E-state index contributed by atoms with van der Waals surface area (Å²) in [6.45, 7) is 2.36. The number of nitrogens with one attached hydrogen (secondary N) is 1. The van der Waals surface area contributed by atoms with Crippen molar-refractivity contribution in [3.63, 3.8) is 0 Å². The summed E-state index contributed by atoms with van der Waals surface area (Å²) in [5.74, 6) is -0.0908. The van der Waals surface area contributed by atoms with Crippen LogP contribution in [0.3, 0.4) is 0 Å². The van der Waals surface area contributed by atoms with E-state index in [0.717, 1.165) is 21.5 Å². The molecule has 0 bridgehead atoms. The Labute approximate surface area is 132 Å². The lowest BCUT2D eigenvalue weighted by Gasteiger charge is -2.12. The predicted octanol–water partition coefficient (Wildman–Crippen LogP) is 2.37. The lowest BCUT2D eigenvalue weighted by molar-refractivity contribution is 0.0955. The molecule has 2 aromatic heterocycles. The summed E-state index contributed by atoms with van der Waals surface area (Å²) in [5, 5.41) is 8.28. The number of hydrogen-bond acceptors (Lipinski definition) is 4. The first kappa shape index (κ1) is 14.7. The van der Waals surface area contributed by atoms with Crippen LogP contribution in [0.2, 0.25) is 0 Å². The lowest BCUT2D eigenvalue weighted by Crippen LogP contribution is -2.31. The van der Waals surface area contributed by atoms with Crippen LogP contribution >= 0.6 is 11.3 Å². The molecule has 0 fully saturated rings. The number of rotatable bonds is 4. The van der Waals surface area contributed by atoms with Gasteiger partial charge in [0.25, 0.3) is 5.91 Å². The molecule has 3 N–H and O–H groups in total. The molecule has 0 aliphatic heterocycles. The number of aromatic nitrogens is 2. The summed E-state index contributed by atoms with van der Waals surface area (Å²) in [7, 11) is 1.89. The number of fused-ring (bicyclic) bond motifs is 1. The summed E-state index contributed by atoms with van der Waals surface area (Å²) in [5.41, 5.74) is 8.05. The minimum atomic E-state index is -0.206. The van der Waals surface area contributed by atoms with E-state index in [2.05, 4.69) is 10.4 Å². The lowest BCUT2D eigenvalue weighted by atomic mass is 10.1. The van der Waals surface area contributed by atoms with E-state index in [-0.39, 0.29) is 11.9 Å². The third-order valence-electron chi connectivity index (χ3n) is 3.63. The number of thiophene rings is 1. The molecule has 1 aromatic carbocycles. The Morgan fingerprint density at radius 3 is 2.82 bits per heavy atom. The SMILES string of the molecule is Cc1nn(C)c2sc(C(=O)NCC(N)c3ccccc3)cc12. The molecular formula is C16H18N4OS. The monoisotopic (exact) mass is 314 g/mol. The molecule has 1 atom stereocenters. The number of nitrogens with two attached hydrogens (primary N) is 1. The third-order valence-corrected chi connectivity index (χ3v) is 4.83. The van der Waals surface area contributed by atoms with Gasteiger partial charge in [-0.2, -0.15) is 5.10 Å². The number of carbonyl (C=O) groups is 1. The summed E-state index contributed by atoms with van der Waals surface area (Å²) in [4.78, 5) is 14.0. The average Bonchev–Trinajstić information content (AvgIpc) is 3.08. The Kier molecular flexibility index (Phi) is 3.96. The number of benzene rings is 1. The highest BCUT2D eigenvalue weighted by Gasteiger charge is 2.15. The maximum absolute atomic E-state index is 12.3. The highest BCUT2D eigenvalue weighted by atomic mass is 32.1. The molecular weight excluding hydrogens is 296 g/mol. The molecule has 3 aromatic rings. The number of carbonyl (C=O) groups excluding carboxylic acids is 1. The van der Waals surface area contributed by atoms with Crippen molar-refractivity contribution in [3.8, 4) is 0 Å². The molecule has 0 saturated carbocycles. The van der Waals surface area contributed by atoms with Crippen molar-refractivity contribution in [2.24, 2.45) is 12.8 Å². The summed E-state index contributed by atoms with van der Waals surface area (Å²) < 4.78 is 1.81. The van der Waals surface area contributed by atoms with Gasteiger partial charge in [0.05, 0.1) is 10.6 Å². The van der Waals surface area contributed by atoms with E-state index in [1.165, 1.54) is 11.3 Å². The first-order chi connectivity index (χ1) is 10.6. The molecule has 0 spiro atoms. The van der Waals surface area contributed by atoms with Crippen LogP contribution in [0.15, 0.2) is 36.4 Å². The second-order valence-corrected chi connectivity index (χ2v) is 6.30. The molecule has 114 valence electrons. The highest BCUT2D eigenvalue weighted by molar-refractivity contribution is 7.20. The van der Waals surface area contributed by atoms with Crippen molar-refractivity contribution in [1.29, 1.82) is 0 Å². The molecule has 0 aliphatic rings. The molecule has 22 heavy (non-hydrogen) atoms. The van der Waals surface area contributed by atoms with Gasteiger partial charge >= 0.3 is 0 Å². The molecule has 6 heteroatoms. The summed E-state index contributed by atoms with van der Waals surface area (Å²) >= 11 is 1.45. The van der Waals surface area contributed by atoms with Gasteiger partial charge in [0.15, 0.2) is 0 Å². The van der Waals surface area contributed by atoms with Crippen LogP contribution in [-0.2, 0) is 7.05 Å². The van der Waals surface area contributed by atoms with Gasteiger partial charge in [-0.1, -0.05) is 30.3 Å². The van der Waals surface area contributed by atoms with Crippen LogP contribution in [0.4, 0.5) is 0 Å². The number of aryl methyl sites for hydroxylation is 2. The molecule has 0 aliphatic carbocycles. The van der Waals surface area contributed by atoms with Crippen molar-refractivity contribution in [2.45, 2.75) is 13.0 Å². The zero-order valence-corrected chi connectivity index (χ0v) is 13.4. The van der Waals surface area contributed by atoms with Crippen LogP contribution in [-0.4, -0.2) is 22.2 Å². The highest BCUT2D eigenvalue weighted by Crippen LogP contribution is 2.27. The zero-order chi connectivity index (χ0) is 15.7. The Morgan fingerprint density at radius 1 is 1.41 bits per heavy atom. The average molecular weight is 314 g/mol. The molecule has 0 saturated heterocycles. The number of amides is 1. The Morgan fingerprint density at radius 2 is 2.14 bits per heavy atom. The van der Waals surface area contributed by atoms with E-state index in [9.17, 15) is 4.79 Å². The second-order valence-electron chi connectivity index (χ2n) is 5.27. The van der Waals surface area contributed by atoms with Gasteiger partial charge in [-0.3, -0.25) is 9.48 Å². The molecule has 3 rings (SSSR count). The Hall–Kier alpha value is -2.18. The van der Waals surface area contributed by atoms with Crippen molar-refractivity contribution in [1.82, 2.24) is 15.1 Å². The van der Waals surface area contributed by atoms with Crippen LogP contribution in [0, 0.1) is 6.92 Å². The van der Waals surface area contributed by atoms with Gasteiger partial charge in [-0.25, -0.2) is 0 Å². The quantitative estimate of drug-likeness (QED) is 0.776.